The Morgan fingerprint density at radius 2 is 1.80 bits per heavy atom. The topological polar surface area (TPSA) is 20.2 Å². The number of halogens is 2. The maximum atomic E-state index is 13.1. The van der Waals surface area contributed by atoms with Crippen molar-refractivity contribution in [3.8, 4) is 0 Å². The zero-order valence-corrected chi connectivity index (χ0v) is 12.6. The lowest BCUT2D eigenvalue weighted by Crippen LogP contribution is -2.09. The maximum Gasteiger partial charge on any atom is 0.124 e. The van der Waals surface area contributed by atoms with Crippen molar-refractivity contribution in [1.29, 1.82) is 0 Å². The summed E-state index contributed by atoms with van der Waals surface area (Å²) in [6.45, 7) is 0. The molecule has 0 radical (unpaired) electrons. The molecular formula is C17H16BrFO. The van der Waals surface area contributed by atoms with Gasteiger partial charge in [-0.15, -0.1) is 0 Å². The summed E-state index contributed by atoms with van der Waals surface area (Å²) in [4.78, 5) is 0. The third-order valence-corrected chi connectivity index (χ3v) is 4.77. The van der Waals surface area contributed by atoms with Gasteiger partial charge in [-0.2, -0.15) is 0 Å². The van der Waals surface area contributed by atoms with E-state index in [1.165, 1.54) is 37.0 Å². The van der Waals surface area contributed by atoms with E-state index in [9.17, 15) is 9.50 Å². The van der Waals surface area contributed by atoms with E-state index in [1.54, 1.807) is 6.07 Å². The second-order valence-corrected chi connectivity index (χ2v) is 6.22. The van der Waals surface area contributed by atoms with E-state index in [0.29, 0.717) is 16.0 Å². The highest BCUT2D eigenvalue weighted by molar-refractivity contribution is 9.10. The summed E-state index contributed by atoms with van der Waals surface area (Å²) >= 11 is 3.30. The molecule has 0 aromatic heterocycles. The summed E-state index contributed by atoms with van der Waals surface area (Å²) in [5.41, 5.74) is 2.87. The zero-order chi connectivity index (χ0) is 14.1. The van der Waals surface area contributed by atoms with E-state index in [0.717, 1.165) is 5.56 Å². The fraction of sp³-hybridized carbons (Fsp3) is 0.294. The van der Waals surface area contributed by atoms with Crippen LogP contribution >= 0.6 is 15.9 Å². The van der Waals surface area contributed by atoms with Crippen LogP contribution < -0.4 is 0 Å². The fourth-order valence-corrected chi connectivity index (χ4v) is 3.16. The zero-order valence-electron chi connectivity index (χ0n) is 11.0. The first-order valence-electron chi connectivity index (χ1n) is 6.88. The van der Waals surface area contributed by atoms with Gasteiger partial charge in [0.1, 0.15) is 11.9 Å². The van der Waals surface area contributed by atoms with Gasteiger partial charge in [0.25, 0.3) is 0 Å². The lowest BCUT2D eigenvalue weighted by atomic mass is 9.80. The molecule has 0 saturated heterocycles. The van der Waals surface area contributed by atoms with Crippen molar-refractivity contribution in [2.24, 2.45) is 0 Å². The van der Waals surface area contributed by atoms with E-state index in [4.69, 9.17) is 0 Å². The Kier molecular flexibility index (Phi) is 3.90. The quantitative estimate of drug-likeness (QED) is 0.843. The van der Waals surface area contributed by atoms with Gasteiger partial charge in [0.15, 0.2) is 0 Å². The number of aliphatic hydroxyl groups is 1. The molecule has 0 bridgehead atoms. The van der Waals surface area contributed by atoms with Crippen molar-refractivity contribution in [2.45, 2.75) is 31.3 Å². The number of benzene rings is 2. The highest BCUT2D eigenvalue weighted by atomic mass is 79.9. The molecule has 2 aromatic carbocycles. The molecule has 104 valence electrons. The van der Waals surface area contributed by atoms with E-state index >= 15 is 0 Å². The normalized spacial score (nSPS) is 16.8. The minimum absolute atomic E-state index is 0.312. The third kappa shape index (κ3) is 2.65. The average Bonchev–Trinajstić information content (AvgIpc) is 2.37. The molecule has 1 unspecified atom stereocenters. The summed E-state index contributed by atoms with van der Waals surface area (Å²) in [6, 6.07) is 12.5. The van der Waals surface area contributed by atoms with Gasteiger partial charge < -0.3 is 5.11 Å². The van der Waals surface area contributed by atoms with Crippen LogP contribution in [0, 0.1) is 5.82 Å². The maximum absolute atomic E-state index is 13.1. The fourth-order valence-electron chi connectivity index (χ4n) is 2.59. The van der Waals surface area contributed by atoms with Crippen molar-refractivity contribution in [3.63, 3.8) is 0 Å². The molecule has 1 atom stereocenters. The van der Waals surface area contributed by atoms with Crippen LogP contribution in [0.5, 0.6) is 0 Å². The van der Waals surface area contributed by atoms with Crippen molar-refractivity contribution >= 4 is 15.9 Å². The van der Waals surface area contributed by atoms with Gasteiger partial charge in [-0.1, -0.05) is 52.7 Å². The second-order valence-electron chi connectivity index (χ2n) is 5.36. The van der Waals surface area contributed by atoms with Gasteiger partial charge in [0, 0.05) is 4.47 Å². The highest BCUT2D eigenvalue weighted by Gasteiger charge is 2.20. The van der Waals surface area contributed by atoms with E-state index < -0.39 is 6.10 Å². The highest BCUT2D eigenvalue weighted by Crippen LogP contribution is 2.37. The standard InChI is InChI=1S/C17H16BrFO/c18-16-10-14(19)8-9-15(16)17(20)13-6-4-12(5-7-13)11-2-1-3-11/h4-11,17,20H,1-3H2. The second kappa shape index (κ2) is 5.66. The van der Waals surface area contributed by atoms with Crippen molar-refractivity contribution in [2.75, 3.05) is 0 Å². The van der Waals surface area contributed by atoms with Crippen LogP contribution in [0.2, 0.25) is 0 Å². The monoisotopic (exact) mass is 334 g/mol. The minimum Gasteiger partial charge on any atom is -0.384 e. The van der Waals surface area contributed by atoms with Crippen LogP contribution in [-0.2, 0) is 0 Å². The van der Waals surface area contributed by atoms with Crippen LogP contribution in [0.4, 0.5) is 4.39 Å². The summed E-state index contributed by atoms with van der Waals surface area (Å²) in [7, 11) is 0. The van der Waals surface area contributed by atoms with E-state index in [1.807, 2.05) is 12.1 Å². The molecule has 1 N–H and O–H groups in total. The number of hydrogen-bond donors (Lipinski definition) is 1. The lowest BCUT2D eigenvalue weighted by Gasteiger charge is -2.26. The molecule has 1 aliphatic rings. The molecule has 1 fully saturated rings. The lowest BCUT2D eigenvalue weighted by molar-refractivity contribution is 0.219. The number of hydrogen-bond acceptors (Lipinski definition) is 1. The van der Waals surface area contributed by atoms with Gasteiger partial charge in [-0.05, 0) is 47.6 Å². The van der Waals surface area contributed by atoms with Gasteiger partial charge in [-0.3, -0.25) is 0 Å². The number of rotatable bonds is 3. The van der Waals surface area contributed by atoms with Crippen LogP contribution in [0.25, 0.3) is 0 Å². The molecule has 0 amide bonds. The van der Waals surface area contributed by atoms with Crippen LogP contribution in [0.15, 0.2) is 46.9 Å². The molecular weight excluding hydrogens is 319 g/mol. The van der Waals surface area contributed by atoms with Gasteiger partial charge in [0.05, 0.1) is 0 Å². The van der Waals surface area contributed by atoms with Crippen LogP contribution in [0.1, 0.15) is 48.0 Å². The summed E-state index contributed by atoms with van der Waals surface area (Å²) in [5, 5.41) is 10.4. The van der Waals surface area contributed by atoms with Gasteiger partial charge in [0.2, 0.25) is 0 Å². The van der Waals surface area contributed by atoms with Gasteiger partial charge in [-0.25, -0.2) is 4.39 Å². The van der Waals surface area contributed by atoms with Crippen LogP contribution in [0.3, 0.4) is 0 Å². The molecule has 1 nitrogen and oxygen atoms in total. The molecule has 3 heteroatoms. The Morgan fingerprint density at radius 3 is 2.35 bits per heavy atom. The first-order chi connectivity index (χ1) is 9.65. The molecule has 0 aliphatic heterocycles. The third-order valence-electron chi connectivity index (χ3n) is 4.09. The Morgan fingerprint density at radius 1 is 1.10 bits per heavy atom. The summed E-state index contributed by atoms with van der Waals surface area (Å²) in [6.07, 6.45) is 3.12. The van der Waals surface area contributed by atoms with Crippen molar-refractivity contribution in [3.05, 3.63) is 69.4 Å². The first-order valence-corrected chi connectivity index (χ1v) is 7.67. The smallest absolute Gasteiger partial charge is 0.124 e. The first kappa shape index (κ1) is 13.8. The van der Waals surface area contributed by atoms with E-state index in [-0.39, 0.29) is 5.82 Å². The van der Waals surface area contributed by atoms with Crippen molar-refractivity contribution < 1.29 is 9.50 Å². The SMILES string of the molecule is OC(c1ccc(C2CCC2)cc1)c1ccc(F)cc1Br. The minimum atomic E-state index is -0.736. The molecule has 3 rings (SSSR count). The molecule has 20 heavy (non-hydrogen) atoms. The Balaban J connectivity index is 1.84. The molecule has 0 spiro atoms. The summed E-state index contributed by atoms with van der Waals surface area (Å²) in [5.74, 6) is 0.381. The Hall–Kier alpha value is -1.19. The number of aliphatic hydroxyl groups excluding tert-OH is 1. The average molecular weight is 335 g/mol. The van der Waals surface area contributed by atoms with E-state index in [2.05, 4.69) is 28.1 Å². The molecule has 2 aromatic rings. The predicted octanol–water partition coefficient (Wildman–Crippen LogP) is 4.94. The van der Waals surface area contributed by atoms with Crippen LogP contribution in [-0.4, -0.2) is 5.11 Å². The van der Waals surface area contributed by atoms with Crippen molar-refractivity contribution in [1.82, 2.24) is 0 Å². The molecule has 1 aliphatic carbocycles. The Labute approximate surface area is 126 Å². The molecule has 1 saturated carbocycles. The Bertz CT molecular complexity index is 605. The summed E-state index contributed by atoms with van der Waals surface area (Å²) < 4.78 is 13.7. The predicted molar refractivity (Wildman–Crippen MR) is 81.2 cm³/mol. The molecule has 0 heterocycles. The van der Waals surface area contributed by atoms with Gasteiger partial charge >= 0.3 is 0 Å². The largest absolute Gasteiger partial charge is 0.384 e.